The molecule has 0 bridgehead atoms. The monoisotopic (exact) mass is 280 g/mol. The van der Waals surface area contributed by atoms with Crippen LogP contribution in [0.15, 0.2) is 6.20 Å². The summed E-state index contributed by atoms with van der Waals surface area (Å²) in [6.07, 6.45) is 5.94. The molecule has 1 aromatic rings. The second-order valence-electron chi connectivity index (χ2n) is 5.90. The molecule has 3 heterocycles. The average molecular weight is 280 g/mol. The predicted molar refractivity (Wildman–Crippen MR) is 74.7 cm³/mol. The molecule has 0 aromatic carbocycles. The second-order valence-corrected chi connectivity index (χ2v) is 7.15. The van der Waals surface area contributed by atoms with Crippen molar-refractivity contribution in [2.24, 2.45) is 5.73 Å². The van der Waals surface area contributed by atoms with Crippen LogP contribution in [0, 0.1) is 0 Å². The maximum Gasteiger partial charge on any atom is 0.0820 e. The number of hydrogen-bond donors (Lipinski definition) is 1. The number of ether oxygens (including phenoxy) is 1. The maximum absolute atomic E-state index is 5.98. The molecule has 4 rings (SSSR count). The van der Waals surface area contributed by atoms with Crippen LogP contribution in [0.5, 0.6) is 0 Å². The Hall–Kier alpha value is -0.560. The summed E-state index contributed by atoms with van der Waals surface area (Å²) in [5.74, 6) is 0. The van der Waals surface area contributed by atoms with Gasteiger partial charge in [0.15, 0.2) is 0 Å². The quantitative estimate of drug-likeness (QED) is 0.894. The molecule has 19 heavy (non-hydrogen) atoms. The fourth-order valence-corrected chi connectivity index (χ4v) is 3.87. The fourth-order valence-electron chi connectivity index (χ4n) is 2.89. The number of hydrogen-bond acceptors (Lipinski definition) is 5. The van der Waals surface area contributed by atoms with E-state index >= 15 is 0 Å². The number of aromatic nitrogens is 2. The van der Waals surface area contributed by atoms with Crippen LogP contribution in [0.25, 0.3) is 0 Å². The first-order valence-corrected chi connectivity index (χ1v) is 7.93. The Morgan fingerprint density at radius 2 is 2.21 bits per heavy atom. The van der Waals surface area contributed by atoms with Gasteiger partial charge in [0.1, 0.15) is 0 Å². The summed E-state index contributed by atoms with van der Waals surface area (Å²) >= 11 is 1.87. The van der Waals surface area contributed by atoms with Gasteiger partial charge in [0.25, 0.3) is 0 Å². The Morgan fingerprint density at radius 1 is 1.32 bits per heavy atom. The smallest absolute Gasteiger partial charge is 0.0820 e. The lowest BCUT2D eigenvalue weighted by Crippen LogP contribution is -2.46. The third kappa shape index (κ3) is 2.54. The van der Waals surface area contributed by atoms with Crippen LogP contribution in [0.2, 0.25) is 0 Å². The van der Waals surface area contributed by atoms with Gasteiger partial charge in [0.05, 0.1) is 18.9 Å². The van der Waals surface area contributed by atoms with Crippen LogP contribution < -0.4 is 5.73 Å². The molecule has 0 amide bonds. The van der Waals surface area contributed by atoms with Crippen molar-refractivity contribution in [1.82, 2.24) is 14.1 Å². The van der Waals surface area contributed by atoms with Gasteiger partial charge >= 0.3 is 0 Å². The largest absolute Gasteiger partial charge is 0.378 e. The van der Waals surface area contributed by atoms with Crippen molar-refractivity contribution < 1.29 is 4.74 Å². The minimum absolute atomic E-state index is 0.192. The van der Waals surface area contributed by atoms with Crippen molar-refractivity contribution in [3.05, 3.63) is 17.5 Å². The summed E-state index contributed by atoms with van der Waals surface area (Å²) in [5, 5.41) is 5.51. The zero-order valence-corrected chi connectivity index (χ0v) is 11.8. The third-order valence-electron chi connectivity index (χ3n) is 4.10. The summed E-state index contributed by atoms with van der Waals surface area (Å²) in [6, 6.07) is 0.652. The molecule has 0 unspecified atom stereocenters. The van der Waals surface area contributed by atoms with Gasteiger partial charge in [0, 0.05) is 42.2 Å². The molecular weight excluding hydrogens is 260 g/mol. The molecule has 6 heteroatoms. The van der Waals surface area contributed by atoms with E-state index in [-0.39, 0.29) is 6.04 Å². The van der Waals surface area contributed by atoms with E-state index < -0.39 is 0 Å². The van der Waals surface area contributed by atoms with Crippen molar-refractivity contribution in [3.63, 3.8) is 0 Å². The predicted octanol–water partition coefficient (Wildman–Crippen LogP) is 0.974. The molecule has 2 fully saturated rings. The summed E-state index contributed by atoms with van der Waals surface area (Å²) in [4.78, 5) is 2.46. The number of rotatable bonds is 3. The van der Waals surface area contributed by atoms with E-state index in [0.29, 0.717) is 12.6 Å². The zero-order chi connectivity index (χ0) is 12.8. The van der Waals surface area contributed by atoms with Crippen molar-refractivity contribution >= 4 is 11.9 Å². The Kier molecular flexibility index (Phi) is 3.06. The number of nitrogens with two attached hydrogens (primary N) is 1. The van der Waals surface area contributed by atoms with Crippen LogP contribution in [0.1, 0.15) is 30.5 Å². The van der Waals surface area contributed by atoms with Gasteiger partial charge in [-0.05, 0) is 31.2 Å². The zero-order valence-electron chi connectivity index (χ0n) is 11.0. The number of nitrogens with zero attached hydrogens (tertiary/aromatic N) is 3. The summed E-state index contributed by atoms with van der Waals surface area (Å²) in [5.41, 5.74) is 8.61. The highest BCUT2D eigenvalue weighted by Crippen LogP contribution is 2.36. The van der Waals surface area contributed by atoms with Crippen molar-refractivity contribution in [2.45, 2.75) is 49.7 Å². The van der Waals surface area contributed by atoms with Gasteiger partial charge in [-0.25, -0.2) is 4.09 Å². The summed E-state index contributed by atoms with van der Waals surface area (Å²) in [7, 11) is 0. The van der Waals surface area contributed by atoms with E-state index in [4.69, 9.17) is 15.6 Å². The number of fused-ring (bicyclic) bond motifs is 1. The molecule has 1 saturated heterocycles. The van der Waals surface area contributed by atoms with Crippen molar-refractivity contribution in [2.75, 3.05) is 13.2 Å². The van der Waals surface area contributed by atoms with Crippen LogP contribution in [-0.4, -0.2) is 44.6 Å². The molecule has 1 aromatic heterocycles. The van der Waals surface area contributed by atoms with E-state index in [0.717, 1.165) is 31.4 Å². The van der Waals surface area contributed by atoms with Gasteiger partial charge in [-0.1, -0.05) is 0 Å². The van der Waals surface area contributed by atoms with Gasteiger partial charge in [-0.15, -0.1) is 0 Å². The Bertz CT molecular complexity index is 450. The normalized spacial score (nSPS) is 31.6. The molecule has 1 saturated carbocycles. The lowest BCUT2D eigenvalue weighted by atomic mass is 10.1. The highest BCUT2D eigenvalue weighted by atomic mass is 32.2. The van der Waals surface area contributed by atoms with Gasteiger partial charge in [-0.3, -0.25) is 4.90 Å². The SMILES string of the molecule is N[C@@H]1COC[C@H](N2Cc3cn(SC4CC4)nc3C2)C1. The van der Waals surface area contributed by atoms with E-state index in [2.05, 4.69) is 15.2 Å². The molecule has 0 spiro atoms. The van der Waals surface area contributed by atoms with Crippen molar-refractivity contribution in [1.29, 1.82) is 0 Å². The molecule has 2 aliphatic heterocycles. The molecule has 2 N–H and O–H groups in total. The van der Waals surface area contributed by atoms with Gasteiger partial charge < -0.3 is 10.5 Å². The average Bonchev–Trinajstić information content (AvgIpc) is 2.97. The van der Waals surface area contributed by atoms with Crippen LogP contribution >= 0.6 is 11.9 Å². The maximum atomic E-state index is 5.98. The van der Waals surface area contributed by atoms with E-state index in [1.807, 2.05) is 11.9 Å². The molecule has 104 valence electrons. The molecule has 2 atom stereocenters. The Morgan fingerprint density at radius 3 is 2.95 bits per heavy atom. The fraction of sp³-hybridized carbons (Fsp3) is 0.769. The van der Waals surface area contributed by atoms with Crippen molar-refractivity contribution in [3.8, 4) is 0 Å². The van der Waals surface area contributed by atoms with E-state index in [1.165, 1.54) is 24.1 Å². The van der Waals surface area contributed by atoms with Crippen LogP contribution in [-0.2, 0) is 17.8 Å². The lowest BCUT2D eigenvalue weighted by Gasteiger charge is -2.33. The highest BCUT2D eigenvalue weighted by molar-refractivity contribution is 7.98. The summed E-state index contributed by atoms with van der Waals surface area (Å²) in [6.45, 7) is 3.48. The molecule has 1 aliphatic carbocycles. The van der Waals surface area contributed by atoms with Gasteiger partial charge in [-0.2, -0.15) is 5.10 Å². The standard InChI is InChI=1S/C13H20N4OS/c14-10-3-11(8-18-7-10)16-4-9-5-17(15-13(9)6-16)19-12-1-2-12/h5,10-12H,1-4,6-8,14H2/t10-,11+/m0/s1. The second kappa shape index (κ2) is 4.77. The Balaban J connectivity index is 1.41. The topological polar surface area (TPSA) is 56.3 Å². The first kappa shape index (κ1) is 12.2. The third-order valence-corrected chi connectivity index (χ3v) is 5.27. The first-order chi connectivity index (χ1) is 9.28. The molecule has 0 radical (unpaired) electrons. The molecule has 3 aliphatic rings. The minimum atomic E-state index is 0.192. The highest BCUT2D eigenvalue weighted by Gasteiger charge is 2.32. The summed E-state index contributed by atoms with van der Waals surface area (Å²) < 4.78 is 7.64. The molecular formula is C13H20N4OS. The van der Waals surface area contributed by atoms with E-state index in [1.54, 1.807) is 0 Å². The Labute approximate surface area is 117 Å². The first-order valence-electron chi connectivity index (χ1n) is 7.10. The molecule has 5 nitrogen and oxygen atoms in total. The van der Waals surface area contributed by atoms with Crippen LogP contribution in [0.4, 0.5) is 0 Å². The van der Waals surface area contributed by atoms with E-state index in [9.17, 15) is 0 Å². The van der Waals surface area contributed by atoms with Gasteiger partial charge in [0.2, 0.25) is 0 Å². The minimum Gasteiger partial charge on any atom is -0.378 e. The lowest BCUT2D eigenvalue weighted by molar-refractivity contribution is 0.00508. The van der Waals surface area contributed by atoms with Crippen LogP contribution in [0.3, 0.4) is 0 Å².